The summed E-state index contributed by atoms with van der Waals surface area (Å²) in [5, 5.41) is 22.8. The minimum absolute atomic E-state index is 0.0918. The van der Waals surface area contributed by atoms with Gasteiger partial charge in [-0.2, -0.15) is 13.2 Å². The van der Waals surface area contributed by atoms with Gasteiger partial charge in [0.25, 0.3) is 0 Å². The number of benzene rings is 3. The molecule has 9 heteroatoms. The predicted octanol–water partition coefficient (Wildman–Crippen LogP) is 5.17. The Morgan fingerprint density at radius 3 is 2.17 bits per heavy atom. The van der Waals surface area contributed by atoms with Gasteiger partial charge in [-0.05, 0) is 52.4 Å². The second kappa shape index (κ2) is 10.1. The van der Waals surface area contributed by atoms with Crippen LogP contribution in [0.5, 0.6) is 0 Å². The number of aliphatic hydroxyl groups excluding tert-OH is 2. The lowest BCUT2D eigenvalue weighted by molar-refractivity contribution is -0.138. The predicted molar refractivity (Wildman–Crippen MR) is 120 cm³/mol. The van der Waals surface area contributed by atoms with E-state index in [0.29, 0.717) is 12.1 Å². The Morgan fingerprint density at radius 1 is 0.971 bits per heavy atom. The number of carbonyl (C=O) groups is 1. The molecular weight excluding hydrogens is 466 g/mol. The minimum Gasteiger partial charge on any atom is -0.449 e. The summed E-state index contributed by atoms with van der Waals surface area (Å²) in [6, 6.07) is 17.3. The van der Waals surface area contributed by atoms with Gasteiger partial charge in [0.2, 0.25) is 0 Å². The summed E-state index contributed by atoms with van der Waals surface area (Å²) in [7, 11) is 0. The molecule has 1 aliphatic carbocycles. The molecule has 2 atom stereocenters. The van der Waals surface area contributed by atoms with Crippen LogP contribution in [0, 0.1) is 5.82 Å². The van der Waals surface area contributed by atoms with Crippen molar-refractivity contribution >= 4 is 6.09 Å². The van der Waals surface area contributed by atoms with Crippen molar-refractivity contribution in [3.8, 4) is 11.1 Å². The summed E-state index contributed by atoms with van der Waals surface area (Å²) >= 11 is 0. The number of alkyl halides is 3. The zero-order chi connectivity index (χ0) is 25.2. The molecule has 0 heterocycles. The lowest BCUT2D eigenvalue weighted by atomic mass is 9.98. The number of fused-ring (bicyclic) bond motifs is 3. The van der Waals surface area contributed by atoms with E-state index in [-0.39, 0.29) is 25.5 Å². The fourth-order valence-electron chi connectivity index (χ4n) is 4.30. The van der Waals surface area contributed by atoms with E-state index in [4.69, 9.17) is 4.74 Å². The van der Waals surface area contributed by atoms with Gasteiger partial charge in [0.05, 0.1) is 11.7 Å². The first-order valence-electron chi connectivity index (χ1n) is 11.0. The third-order valence-corrected chi connectivity index (χ3v) is 6.01. The first kappa shape index (κ1) is 24.7. The van der Waals surface area contributed by atoms with E-state index in [0.717, 1.165) is 28.3 Å². The Bertz CT molecular complexity index is 1170. The Hall–Kier alpha value is -3.43. The van der Waals surface area contributed by atoms with Crippen molar-refractivity contribution in [3.05, 3.63) is 94.8 Å². The van der Waals surface area contributed by atoms with Gasteiger partial charge in [-0.1, -0.05) is 48.5 Å². The highest BCUT2D eigenvalue weighted by Gasteiger charge is 2.33. The largest absolute Gasteiger partial charge is 0.449 e. The normalized spacial score (nSPS) is 14.7. The molecule has 184 valence electrons. The van der Waals surface area contributed by atoms with Crippen LogP contribution in [-0.2, 0) is 10.9 Å². The first-order chi connectivity index (χ1) is 16.6. The monoisotopic (exact) mass is 489 g/mol. The highest BCUT2D eigenvalue weighted by Crippen LogP contribution is 2.44. The van der Waals surface area contributed by atoms with Gasteiger partial charge in [0.15, 0.2) is 0 Å². The van der Waals surface area contributed by atoms with Gasteiger partial charge in [0.1, 0.15) is 18.5 Å². The van der Waals surface area contributed by atoms with Gasteiger partial charge in [-0.15, -0.1) is 0 Å². The SMILES string of the molecule is O=C(NCCC(O)C(O)c1cc(F)cc(C(F)(F)F)c1)OCC1c2ccccc2-c2ccccc21. The number of hydrogen-bond acceptors (Lipinski definition) is 4. The topological polar surface area (TPSA) is 78.8 Å². The van der Waals surface area contributed by atoms with E-state index in [1.54, 1.807) is 0 Å². The molecule has 0 saturated heterocycles. The third kappa shape index (κ3) is 5.47. The van der Waals surface area contributed by atoms with E-state index < -0.39 is 41.4 Å². The summed E-state index contributed by atoms with van der Waals surface area (Å²) < 4.78 is 57.6. The van der Waals surface area contributed by atoms with Crippen LogP contribution < -0.4 is 5.32 Å². The maximum absolute atomic E-state index is 13.6. The van der Waals surface area contributed by atoms with Crippen molar-refractivity contribution in [3.63, 3.8) is 0 Å². The van der Waals surface area contributed by atoms with Crippen molar-refractivity contribution in [2.24, 2.45) is 0 Å². The molecule has 3 aromatic rings. The van der Waals surface area contributed by atoms with E-state index in [1.807, 2.05) is 48.5 Å². The molecule has 3 aromatic carbocycles. The van der Waals surface area contributed by atoms with Crippen LogP contribution in [0.25, 0.3) is 11.1 Å². The van der Waals surface area contributed by atoms with Crippen molar-refractivity contribution in [1.82, 2.24) is 5.32 Å². The quantitative estimate of drug-likeness (QED) is 0.401. The molecule has 0 aliphatic heterocycles. The fraction of sp³-hybridized carbons (Fsp3) is 0.269. The Kier molecular flexibility index (Phi) is 7.09. The minimum atomic E-state index is -4.80. The number of aliphatic hydroxyl groups is 2. The molecule has 0 spiro atoms. The molecular formula is C26H23F4NO4. The number of halogens is 4. The van der Waals surface area contributed by atoms with Gasteiger partial charge < -0.3 is 20.3 Å². The molecule has 0 radical (unpaired) electrons. The molecule has 5 nitrogen and oxygen atoms in total. The highest BCUT2D eigenvalue weighted by molar-refractivity contribution is 5.79. The average Bonchev–Trinajstić information content (AvgIpc) is 3.15. The standard InChI is InChI=1S/C26H23F4NO4/c27-17-12-15(11-16(13-17)26(28,29)30)24(33)23(32)9-10-31-25(34)35-14-22-20-7-3-1-5-18(20)19-6-2-4-8-21(19)22/h1-8,11-13,22-24,32-33H,9-10,14H2,(H,31,34). The smallest absolute Gasteiger partial charge is 0.416 e. The number of alkyl carbamates (subject to hydrolysis) is 1. The van der Waals surface area contributed by atoms with Gasteiger partial charge in [0, 0.05) is 12.5 Å². The Balaban J connectivity index is 1.30. The maximum atomic E-state index is 13.6. The number of carbonyl (C=O) groups excluding carboxylic acids is 1. The fourth-order valence-corrected chi connectivity index (χ4v) is 4.30. The van der Waals surface area contributed by atoms with Crippen LogP contribution in [0.3, 0.4) is 0 Å². The summed E-state index contributed by atoms with van der Waals surface area (Å²) in [5.41, 5.74) is 2.59. The van der Waals surface area contributed by atoms with Crippen molar-refractivity contribution in [1.29, 1.82) is 0 Å². The molecule has 3 N–H and O–H groups in total. The van der Waals surface area contributed by atoms with Crippen molar-refractivity contribution in [2.45, 2.75) is 30.7 Å². The molecule has 0 saturated carbocycles. The van der Waals surface area contributed by atoms with E-state index >= 15 is 0 Å². The zero-order valence-electron chi connectivity index (χ0n) is 18.4. The van der Waals surface area contributed by atoms with Crippen LogP contribution in [0.4, 0.5) is 22.4 Å². The van der Waals surface area contributed by atoms with Crippen LogP contribution in [0.2, 0.25) is 0 Å². The summed E-state index contributed by atoms with van der Waals surface area (Å²) in [6.45, 7) is -0.0229. The zero-order valence-corrected chi connectivity index (χ0v) is 18.4. The summed E-state index contributed by atoms with van der Waals surface area (Å²) in [4.78, 5) is 12.2. The van der Waals surface area contributed by atoms with E-state index in [2.05, 4.69) is 5.32 Å². The average molecular weight is 489 g/mol. The number of ether oxygens (including phenoxy) is 1. The lowest BCUT2D eigenvalue weighted by Gasteiger charge is -2.20. The van der Waals surface area contributed by atoms with Crippen molar-refractivity contribution in [2.75, 3.05) is 13.2 Å². The second-order valence-electron chi connectivity index (χ2n) is 8.32. The van der Waals surface area contributed by atoms with Gasteiger partial charge >= 0.3 is 12.3 Å². The number of nitrogens with one attached hydrogen (secondary N) is 1. The van der Waals surface area contributed by atoms with E-state index in [1.165, 1.54) is 0 Å². The lowest BCUT2D eigenvalue weighted by Crippen LogP contribution is -2.30. The van der Waals surface area contributed by atoms with Gasteiger partial charge in [-0.25, -0.2) is 9.18 Å². The van der Waals surface area contributed by atoms with E-state index in [9.17, 15) is 32.6 Å². The molecule has 0 aromatic heterocycles. The van der Waals surface area contributed by atoms with Gasteiger partial charge in [-0.3, -0.25) is 0 Å². The van der Waals surface area contributed by atoms with Crippen LogP contribution >= 0.6 is 0 Å². The molecule has 2 unspecified atom stereocenters. The number of rotatable bonds is 7. The Morgan fingerprint density at radius 2 is 1.57 bits per heavy atom. The molecule has 4 rings (SSSR count). The Labute approximate surface area is 199 Å². The summed E-state index contributed by atoms with van der Waals surface area (Å²) in [5.74, 6) is -1.31. The van der Waals surface area contributed by atoms with Crippen LogP contribution in [0.1, 0.15) is 40.7 Å². The van der Waals surface area contributed by atoms with Crippen LogP contribution in [0.15, 0.2) is 66.7 Å². The number of hydrogen-bond donors (Lipinski definition) is 3. The third-order valence-electron chi connectivity index (χ3n) is 6.01. The summed E-state index contributed by atoms with van der Waals surface area (Å²) in [6.07, 6.45) is -9.03. The molecule has 0 bridgehead atoms. The maximum Gasteiger partial charge on any atom is 0.416 e. The second-order valence-corrected chi connectivity index (χ2v) is 8.32. The molecule has 0 fully saturated rings. The molecule has 1 amide bonds. The van der Waals surface area contributed by atoms with Crippen molar-refractivity contribution < 1.29 is 37.3 Å². The van der Waals surface area contributed by atoms with Crippen LogP contribution in [-0.4, -0.2) is 35.6 Å². The molecule has 35 heavy (non-hydrogen) atoms. The molecule has 1 aliphatic rings. The first-order valence-corrected chi connectivity index (χ1v) is 11.0. The number of amides is 1. The highest BCUT2D eigenvalue weighted by atomic mass is 19.4.